The highest BCUT2D eigenvalue weighted by molar-refractivity contribution is 6.23. The SMILES string of the molecule is COc1cc2c(cc1O[C@H]1C[C@H](N(CC3CCN(c4cnc(C(=O)N[C@H]5C(C)(C)[C@H](Oc6cc(C)c(C#N)c(C)c6)C5(C)C)cn4)CC3)C(C)C)C1)C(=O)N(C1CCC(=O)NC1=O)C2=O. The lowest BCUT2D eigenvalue weighted by atomic mass is 9.49. The number of nitrogens with one attached hydrogen (secondary N) is 2. The summed E-state index contributed by atoms with van der Waals surface area (Å²) in [6.07, 6.45) is 6.68. The summed E-state index contributed by atoms with van der Waals surface area (Å²) in [4.78, 5) is 79.5. The number of nitriles is 1. The molecule has 2 saturated carbocycles. The standard InChI is InChI=1S/C49H60N8O8/c1-26(2)56(30-18-32(19-30)64-39-21-34-33(20-38(39)63-9)44(61)57(45(34)62)37-10-11-41(58)53-43(37)60)25-29-12-14-55(15-13-29)40-24-51-36(23-52-40)42(59)54-46-48(5,6)47(49(46,7)8)65-31-16-27(3)35(22-50)28(4)17-31/h16-17,20-21,23-24,26,29-30,32,37,46-47H,10-15,18-19,25H2,1-9H3,(H,54,59)(H,53,58,60)/t30-,32-,37?,46-,47-. The smallest absolute Gasteiger partial charge is 0.271 e. The van der Waals surface area contributed by atoms with Gasteiger partial charge in [-0.1, -0.05) is 27.7 Å². The van der Waals surface area contributed by atoms with Gasteiger partial charge in [-0.2, -0.15) is 5.26 Å². The highest BCUT2D eigenvalue weighted by atomic mass is 16.5. The Balaban J connectivity index is 0.814. The van der Waals surface area contributed by atoms with E-state index in [0.717, 1.165) is 72.9 Å². The average molecular weight is 889 g/mol. The molecule has 0 spiro atoms. The molecule has 16 nitrogen and oxygen atoms in total. The lowest BCUT2D eigenvalue weighted by Gasteiger charge is -2.63. The van der Waals surface area contributed by atoms with Gasteiger partial charge in [0.1, 0.15) is 35.5 Å². The number of hydrogen-bond donors (Lipinski definition) is 2. The van der Waals surface area contributed by atoms with Crippen molar-refractivity contribution in [2.75, 3.05) is 31.6 Å². The third-order valence-corrected chi connectivity index (χ3v) is 14.5. The van der Waals surface area contributed by atoms with Crippen LogP contribution < -0.4 is 29.7 Å². The number of piperidine rings is 2. The molecule has 65 heavy (non-hydrogen) atoms. The predicted molar refractivity (Wildman–Crippen MR) is 240 cm³/mol. The molecule has 1 aromatic heterocycles. The van der Waals surface area contributed by atoms with Gasteiger partial charge in [0.25, 0.3) is 17.7 Å². The lowest BCUT2D eigenvalue weighted by Crippen LogP contribution is -2.74. The summed E-state index contributed by atoms with van der Waals surface area (Å²) in [7, 11) is 1.48. The number of carbonyl (C=O) groups is 5. The van der Waals surface area contributed by atoms with E-state index in [1.54, 1.807) is 18.5 Å². The fourth-order valence-corrected chi connectivity index (χ4v) is 11.1. The predicted octanol–water partition coefficient (Wildman–Crippen LogP) is 5.52. The number of hydrogen-bond acceptors (Lipinski definition) is 13. The molecule has 1 atom stereocenters. The minimum atomic E-state index is -1.05. The van der Waals surface area contributed by atoms with Crippen molar-refractivity contribution in [2.45, 2.75) is 130 Å². The zero-order valence-corrected chi connectivity index (χ0v) is 38.8. The van der Waals surface area contributed by atoms with Gasteiger partial charge in [-0.15, -0.1) is 0 Å². The number of anilines is 1. The Morgan fingerprint density at radius 2 is 1.55 bits per heavy atom. The molecular formula is C49H60N8O8. The number of benzene rings is 2. The van der Waals surface area contributed by atoms with Crippen LogP contribution in [0.25, 0.3) is 0 Å². The Morgan fingerprint density at radius 1 is 0.923 bits per heavy atom. The van der Waals surface area contributed by atoms with E-state index in [0.29, 0.717) is 35.1 Å². The van der Waals surface area contributed by atoms with E-state index in [-0.39, 0.29) is 64.6 Å². The topological polar surface area (TPSA) is 196 Å². The summed E-state index contributed by atoms with van der Waals surface area (Å²) in [5, 5.41) is 14.9. The molecule has 2 aliphatic carbocycles. The van der Waals surface area contributed by atoms with Crippen LogP contribution in [-0.2, 0) is 9.59 Å². The van der Waals surface area contributed by atoms with Gasteiger partial charge >= 0.3 is 0 Å². The Bertz CT molecular complexity index is 2410. The summed E-state index contributed by atoms with van der Waals surface area (Å²) in [5.41, 5.74) is 2.23. The summed E-state index contributed by atoms with van der Waals surface area (Å²) >= 11 is 0. The molecule has 4 heterocycles. The van der Waals surface area contributed by atoms with Crippen molar-refractivity contribution in [3.63, 3.8) is 0 Å². The first-order valence-electron chi connectivity index (χ1n) is 22.7. The molecule has 4 fully saturated rings. The monoisotopic (exact) mass is 888 g/mol. The van der Waals surface area contributed by atoms with E-state index >= 15 is 0 Å². The van der Waals surface area contributed by atoms with Gasteiger partial charge in [-0.3, -0.25) is 39.1 Å². The highest BCUT2D eigenvalue weighted by Crippen LogP contribution is 2.55. The van der Waals surface area contributed by atoms with E-state index in [4.69, 9.17) is 14.2 Å². The number of aromatic nitrogens is 2. The first-order valence-corrected chi connectivity index (χ1v) is 22.7. The maximum Gasteiger partial charge on any atom is 0.271 e. The summed E-state index contributed by atoms with van der Waals surface area (Å²) in [6.45, 7) is 19.3. The van der Waals surface area contributed by atoms with Crippen molar-refractivity contribution in [3.8, 4) is 23.3 Å². The zero-order valence-electron chi connectivity index (χ0n) is 38.8. The number of imide groups is 2. The minimum Gasteiger partial charge on any atom is -0.493 e. The Morgan fingerprint density at radius 3 is 2.11 bits per heavy atom. The van der Waals surface area contributed by atoms with Crippen LogP contribution in [0, 0.1) is 41.9 Å². The summed E-state index contributed by atoms with van der Waals surface area (Å²) < 4.78 is 18.5. The fraction of sp³-hybridized carbons (Fsp3) is 0.551. The molecule has 5 amide bonds. The van der Waals surface area contributed by atoms with Crippen LogP contribution in [0.3, 0.4) is 0 Å². The lowest BCUT2D eigenvalue weighted by molar-refractivity contribution is -0.164. The Hall–Kier alpha value is -6.08. The molecule has 1 unspecified atom stereocenters. The van der Waals surface area contributed by atoms with E-state index in [9.17, 15) is 29.2 Å². The molecular weight excluding hydrogens is 829 g/mol. The zero-order chi connectivity index (χ0) is 46.7. The first-order chi connectivity index (χ1) is 30.8. The van der Waals surface area contributed by atoms with Crippen molar-refractivity contribution in [1.29, 1.82) is 5.26 Å². The van der Waals surface area contributed by atoms with Crippen LogP contribution in [0.5, 0.6) is 17.2 Å². The molecule has 2 aromatic carbocycles. The fourth-order valence-electron chi connectivity index (χ4n) is 11.1. The maximum atomic E-state index is 13.5. The first kappa shape index (κ1) is 45.5. The molecule has 8 rings (SSSR count). The maximum absolute atomic E-state index is 13.5. The van der Waals surface area contributed by atoms with E-state index in [2.05, 4.69) is 78.0 Å². The quantitative estimate of drug-likeness (QED) is 0.204. The van der Waals surface area contributed by atoms with Crippen LogP contribution in [0.15, 0.2) is 36.7 Å². The second-order valence-electron chi connectivity index (χ2n) is 19.9. The number of aryl methyl sites for hydroxylation is 2. The molecule has 2 saturated heterocycles. The molecule has 2 N–H and O–H groups in total. The molecule has 5 aliphatic rings. The van der Waals surface area contributed by atoms with E-state index in [1.807, 2.05) is 26.0 Å². The third-order valence-electron chi connectivity index (χ3n) is 14.5. The van der Waals surface area contributed by atoms with E-state index in [1.165, 1.54) is 13.2 Å². The van der Waals surface area contributed by atoms with Crippen LogP contribution in [-0.4, -0.2) is 112 Å². The summed E-state index contributed by atoms with van der Waals surface area (Å²) in [6, 6.07) is 8.54. The number of amides is 5. The second kappa shape index (κ2) is 17.4. The largest absolute Gasteiger partial charge is 0.493 e. The van der Waals surface area contributed by atoms with Crippen LogP contribution in [0.4, 0.5) is 5.82 Å². The number of methoxy groups -OCH3 is 1. The van der Waals surface area contributed by atoms with Gasteiger partial charge in [0, 0.05) is 67.9 Å². The number of nitrogens with zero attached hydrogens (tertiary/aromatic N) is 6. The van der Waals surface area contributed by atoms with Crippen LogP contribution in [0.1, 0.15) is 128 Å². The minimum absolute atomic E-state index is 0.0467. The van der Waals surface area contributed by atoms with Gasteiger partial charge in [0.05, 0.1) is 42.3 Å². The number of ether oxygens (including phenoxy) is 3. The van der Waals surface area contributed by atoms with Gasteiger partial charge in [0.15, 0.2) is 11.5 Å². The van der Waals surface area contributed by atoms with Crippen molar-refractivity contribution < 1.29 is 38.2 Å². The summed E-state index contributed by atoms with van der Waals surface area (Å²) in [5.74, 6) is 0.133. The number of fused-ring (bicyclic) bond motifs is 1. The van der Waals surface area contributed by atoms with Gasteiger partial charge in [0.2, 0.25) is 11.8 Å². The molecule has 16 heteroatoms. The molecule has 3 aliphatic heterocycles. The van der Waals surface area contributed by atoms with Crippen molar-refractivity contribution in [1.82, 2.24) is 30.4 Å². The Labute approximate surface area is 380 Å². The second-order valence-corrected chi connectivity index (χ2v) is 19.9. The van der Waals surface area contributed by atoms with Crippen LogP contribution >= 0.6 is 0 Å². The van der Waals surface area contributed by atoms with E-state index < -0.39 is 29.7 Å². The highest BCUT2D eigenvalue weighted by Gasteiger charge is 2.64. The van der Waals surface area contributed by atoms with Crippen LogP contribution in [0.2, 0.25) is 0 Å². The third kappa shape index (κ3) is 8.39. The number of carbonyl (C=O) groups excluding carboxylic acids is 5. The van der Waals surface area contributed by atoms with Crippen molar-refractivity contribution >= 4 is 35.4 Å². The van der Waals surface area contributed by atoms with Gasteiger partial charge in [-0.05, 0) is 88.3 Å². The molecule has 0 bridgehead atoms. The van der Waals surface area contributed by atoms with Crippen molar-refractivity contribution in [3.05, 3.63) is 70.2 Å². The Kier molecular flexibility index (Phi) is 12.2. The molecule has 3 aromatic rings. The molecule has 0 radical (unpaired) electrons. The van der Waals surface area contributed by atoms with Crippen molar-refractivity contribution in [2.24, 2.45) is 16.7 Å². The van der Waals surface area contributed by atoms with Gasteiger partial charge in [-0.25, -0.2) is 9.97 Å². The normalized spacial score (nSPS) is 24.8. The molecule has 344 valence electrons. The number of rotatable bonds is 13. The van der Waals surface area contributed by atoms with Gasteiger partial charge < -0.3 is 24.4 Å². The average Bonchev–Trinajstić information content (AvgIpc) is 3.48.